The predicted octanol–water partition coefficient (Wildman–Crippen LogP) is 6.52. The Balaban J connectivity index is 2.02. The van der Waals surface area contributed by atoms with Gasteiger partial charge in [-0.05, 0) is 75.1 Å². The van der Waals surface area contributed by atoms with Crippen molar-refractivity contribution in [2.75, 3.05) is 13.1 Å². The normalized spacial score (nSPS) is 20.2. The van der Waals surface area contributed by atoms with E-state index in [2.05, 4.69) is 16.0 Å². The van der Waals surface area contributed by atoms with Gasteiger partial charge in [-0.3, -0.25) is 4.79 Å². The van der Waals surface area contributed by atoms with E-state index >= 15 is 0 Å². The van der Waals surface area contributed by atoms with Crippen LogP contribution in [0.1, 0.15) is 82.4 Å². The van der Waals surface area contributed by atoms with Crippen molar-refractivity contribution in [2.45, 2.75) is 90.2 Å². The molecule has 0 saturated heterocycles. The number of amides is 1. The van der Waals surface area contributed by atoms with Crippen molar-refractivity contribution in [1.29, 1.82) is 0 Å². The average molecular weight is 522 g/mol. The molecule has 1 fully saturated rings. The molecule has 36 heavy (non-hydrogen) atoms. The summed E-state index contributed by atoms with van der Waals surface area (Å²) < 4.78 is 79.9. The summed E-state index contributed by atoms with van der Waals surface area (Å²) in [6.45, 7) is 6.54. The SMILES string of the molecule is CCC/C=C(/NCC1CCC(NCC(=O)NC(C)CC)CC1)c1cc(C(F)(F)F)cc(C(F)(F)F)c1. The van der Waals surface area contributed by atoms with Crippen LogP contribution in [-0.2, 0) is 17.1 Å². The van der Waals surface area contributed by atoms with Gasteiger partial charge in [-0.1, -0.05) is 26.3 Å². The van der Waals surface area contributed by atoms with Crippen molar-refractivity contribution in [3.63, 3.8) is 0 Å². The number of hydrogen-bond acceptors (Lipinski definition) is 3. The monoisotopic (exact) mass is 521 g/mol. The van der Waals surface area contributed by atoms with E-state index in [9.17, 15) is 31.1 Å². The second-order valence-electron chi connectivity index (χ2n) is 9.56. The van der Waals surface area contributed by atoms with Gasteiger partial charge in [0.2, 0.25) is 5.91 Å². The smallest absolute Gasteiger partial charge is 0.385 e. The third-order valence-corrected chi connectivity index (χ3v) is 6.53. The Labute approximate surface area is 209 Å². The quantitative estimate of drug-likeness (QED) is 0.291. The van der Waals surface area contributed by atoms with Gasteiger partial charge in [0, 0.05) is 24.3 Å². The molecule has 10 heteroatoms. The lowest BCUT2D eigenvalue weighted by atomic mass is 9.86. The second kappa shape index (κ2) is 13.4. The van der Waals surface area contributed by atoms with Gasteiger partial charge in [0.05, 0.1) is 17.7 Å². The van der Waals surface area contributed by atoms with E-state index in [0.29, 0.717) is 19.4 Å². The zero-order chi connectivity index (χ0) is 26.9. The van der Waals surface area contributed by atoms with Crippen molar-refractivity contribution >= 4 is 11.6 Å². The molecule has 1 saturated carbocycles. The van der Waals surface area contributed by atoms with Gasteiger partial charge >= 0.3 is 12.4 Å². The highest BCUT2D eigenvalue weighted by Crippen LogP contribution is 2.37. The van der Waals surface area contributed by atoms with Gasteiger partial charge in [0.25, 0.3) is 0 Å². The van der Waals surface area contributed by atoms with Gasteiger partial charge in [-0.2, -0.15) is 26.3 Å². The van der Waals surface area contributed by atoms with E-state index < -0.39 is 23.5 Å². The molecule has 204 valence electrons. The fourth-order valence-corrected chi connectivity index (χ4v) is 4.18. The molecule has 0 spiro atoms. The number of carbonyl (C=O) groups is 1. The van der Waals surface area contributed by atoms with Gasteiger partial charge in [-0.25, -0.2) is 0 Å². The maximum atomic E-state index is 13.3. The fraction of sp³-hybridized carbons (Fsp3) is 0.654. The molecule has 1 aromatic carbocycles. The summed E-state index contributed by atoms with van der Waals surface area (Å²) in [5, 5.41) is 9.32. The van der Waals surface area contributed by atoms with Crippen molar-refractivity contribution < 1.29 is 31.1 Å². The largest absolute Gasteiger partial charge is 0.416 e. The van der Waals surface area contributed by atoms with E-state index in [1.807, 2.05) is 20.8 Å². The maximum Gasteiger partial charge on any atom is 0.416 e. The Kier molecular flexibility index (Phi) is 11.1. The average Bonchev–Trinajstić information content (AvgIpc) is 2.82. The number of hydrogen-bond donors (Lipinski definition) is 3. The number of carbonyl (C=O) groups excluding carboxylic acids is 1. The summed E-state index contributed by atoms with van der Waals surface area (Å²) in [4.78, 5) is 12.0. The fourth-order valence-electron chi connectivity index (χ4n) is 4.18. The molecule has 3 N–H and O–H groups in total. The van der Waals surface area contributed by atoms with Gasteiger partial charge in [0.1, 0.15) is 0 Å². The Morgan fingerprint density at radius 3 is 2.08 bits per heavy atom. The van der Waals surface area contributed by atoms with Crippen LogP contribution in [0, 0.1) is 5.92 Å². The minimum absolute atomic E-state index is 0.0434. The second-order valence-corrected chi connectivity index (χ2v) is 9.56. The Bertz CT molecular complexity index is 841. The number of unbranched alkanes of at least 4 members (excludes halogenated alkanes) is 1. The molecule has 1 unspecified atom stereocenters. The third kappa shape index (κ3) is 9.67. The van der Waals surface area contributed by atoms with Crippen LogP contribution < -0.4 is 16.0 Å². The molecule has 0 bridgehead atoms. The lowest BCUT2D eigenvalue weighted by Gasteiger charge is -2.30. The van der Waals surface area contributed by atoms with Crippen molar-refractivity contribution in [3.05, 3.63) is 41.0 Å². The van der Waals surface area contributed by atoms with E-state index in [1.54, 1.807) is 6.08 Å². The summed E-state index contributed by atoms with van der Waals surface area (Å²) in [6, 6.07) is 2.03. The molecule has 0 aliphatic heterocycles. The highest BCUT2D eigenvalue weighted by Gasteiger charge is 2.37. The van der Waals surface area contributed by atoms with Crippen LogP contribution in [0.4, 0.5) is 26.3 Å². The number of halogens is 6. The molecule has 0 heterocycles. The zero-order valence-electron chi connectivity index (χ0n) is 21.1. The standard InChI is InChI=1S/C26H37F6N3O/c1-4-6-7-23(19-12-20(25(27,28)29)14-21(13-19)26(30,31)32)34-15-18-8-10-22(11-9-18)33-16-24(36)35-17(3)5-2/h7,12-14,17-18,22,33-34H,4-6,8-11,15-16H2,1-3H3,(H,35,36)/b23-7+. The molecule has 0 aromatic heterocycles. The van der Waals surface area contributed by atoms with Crippen LogP contribution in [-0.4, -0.2) is 31.1 Å². The maximum absolute atomic E-state index is 13.3. The molecule has 0 radical (unpaired) electrons. The van der Waals surface area contributed by atoms with E-state index in [1.165, 1.54) is 0 Å². The number of alkyl halides is 6. The number of benzene rings is 1. The first-order valence-corrected chi connectivity index (χ1v) is 12.6. The first kappa shape index (κ1) is 30.0. The molecule has 2 rings (SSSR count). The van der Waals surface area contributed by atoms with Crippen LogP contribution in [0.3, 0.4) is 0 Å². The number of nitrogens with one attached hydrogen (secondary N) is 3. The summed E-state index contributed by atoms with van der Waals surface area (Å²) in [5.74, 6) is 0.188. The van der Waals surface area contributed by atoms with Gasteiger partial charge in [0.15, 0.2) is 0 Å². The first-order chi connectivity index (χ1) is 16.8. The summed E-state index contributed by atoms with van der Waals surface area (Å²) in [5.41, 5.74) is -2.47. The zero-order valence-corrected chi connectivity index (χ0v) is 21.1. The topological polar surface area (TPSA) is 53.2 Å². The molecule has 4 nitrogen and oxygen atoms in total. The summed E-state index contributed by atoms with van der Waals surface area (Å²) in [7, 11) is 0. The van der Waals surface area contributed by atoms with Crippen LogP contribution >= 0.6 is 0 Å². The summed E-state index contributed by atoms with van der Waals surface area (Å²) in [6.07, 6.45) is -2.64. The highest BCUT2D eigenvalue weighted by atomic mass is 19.4. The van der Waals surface area contributed by atoms with Gasteiger partial charge in [-0.15, -0.1) is 0 Å². The Morgan fingerprint density at radius 1 is 1.00 bits per heavy atom. The number of rotatable bonds is 11. The van der Waals surface area contributed by atoms with Crippen LogP contribution in [0.5, 0.6) is 0 Å². The molecule has 1 amide bonds. The number of allylic oxidation sites excluding steroid dienone is 1. The van der Waals surface area contributed by atoms with Crippen molar-refractivity contribution in [3.8, 4) is 0 Å². The minimum atomic E-state index is -4.89. The lowest BCUT2D eigenvalue weighted by Crippen LogP contribution is -2.43. The molecule has 1 aliphatic rings. The van der Waals surface area contributed by atoms with Crippen LogP contribution in [0.2, 0.25) is 0 Å². The summed E-state index contributed by atoms with van der Waals surface area (Å²) >= 11 is 0. The molecule has 1 aromatic rings. The van der Waals surface area contributed by atoms with Crippen LogP contribution in [0.25, 0.3) is 5.70 Å². The third-order valence-electron chi connectivity index (χ3n) is 6.53. The first-order valence-electron chi connectivity index (χ1n) is 12.6. The van der Waals surface area contributed by atoms with Crippen molar-refractivity contribution in [2.24, 2.45) is 5.92 Å². The Hall–Kier alpha value is -2.23. The van der Waals surface area contributed by atoms with E-state index in [4.69, 9.17) is 0 Å². The Morgan fingerprint density at radius 2 is 1.58 bits per heavy atom. The predicted molar refractivity (Wildman–Crippen MR) is 129 cm³/mol. The molecular formula is C26H37F6N3O. The van der Waals surface area contributed by atoms with Gasteiger partial charge < -0.3 is 16.0 Å². The van der Waals surface area contributed by atoms with E-state index in [-0.39, 0.29) is 47.8 Å². The highest BCUT2D eigenvalue weighted by molar-refractivity contribution is 5.78. The molecular weight excluding hydrogens is 484 g/mol. The van der Waals surface area contributed by atoms with E-state index in [0.717, 1.165) is 44.2 Å². The lowest BCUT2D eigenvalue weighted by molar-refractivity contribution is -0.143. The minimum Gasteiger partial charge on any atom is -0.385 e. The van der Waals surface area contributed by atoms with Crippen molar-refractivity contribution in [1.82, 2.24) is 16.0 Å². The molecule has 1 aliphatic carbocycles. The van der Waals surface area contributed by atoms with Crippen LogP contribution in [0.15, 0.2) is 24.3 Å². The molecule has 1 atom stereocenters.